The molecule has 1 nitrogen and oxygen atoms in total. The second-order valence-electron chi connectivity index (χ2n) is 6.62. The van der Waals surface area contributed by atoms with Crippen LogP contribution in [0.5, 0.6) is 0 Å². The zero-order valence-electron chi connectivity index (χ0n) is 12.4. The summed E-state index contributed by atoms with van der Waals surface area (Å²) in [6.45, 7) is 7.36. The molecule has 2 aromatic rings. The molecule has 1 aliphatic carbocycles. The first-order valence-electron chi connectivity index (χ1n) is 7.25. The number of hydrogen-bond donors (Lipinski definition) is 0. The van der Waals surface area contributed by atoms with Crippen LogP contribution in [0.15, 0.2) is 54.7 Å². The molecule has 0 radical (unpaired) electrons. The van der Waals surface area contributed by atoms with Gasteiger partial charge in [-0.05, 0) is 34.4 Å². The van der Waals surface area contributed by atoms with E-state index in [-0.39, 0.29) is 0 Å². The maximum absolute atomic E-state index is 4.47. The normalized spacial score (nSPS) is 17.8. The van der Waals surface area contributed by atoms with Gasteiger partial charge in [-0.2, -0.15) is 0 Å². The fraction of sp³-hybridized carbons (Fsp3) is 0.278. The molecule has 102 valence electrons. The summed E-state index contributed by atoms with van der Waals surface area (Å²) in [4.78, 5) is 4.47. The molecule has 2 heteroatoms. The van der Waals surface area contributed by atoms with Gasteiger partial charge in [0.05, 0.1) is 8.07 Å². The van der Waals surface area contributed by atoms with Gasteiger partial charge >= 0.3 is 0 Å². The van der Waals surface area contributed by atoms with Crippen LogP contribution in [0.25, 0.3) is 5.57 Å². The van der Waals surface area contributed by atoms with Gasteiger partial charge in [-0.15, -0.1) is 0 Å². The molecule has 0 saturated heterocycles. The van der Waals surface area contributed by atoms with Gasteiger partial charge in [0.2, 0.25) is 0 Å². The Hall–Kier alpha value is -1.67. The number of aromatic nitrogens is 1. The van der Waals surface area contributed by atoms with E-state index in [1.807, 2.05) is 12.3 Å². The first-order valence-corrected chi connectivity index (χ1v) is 10.8. The van der Waals surface area contributed by atoms with Gasteiger partial charge in [-0.3, -0.25) is 4.98 Å². The van der Waals surface area contributed by atoms with E-state index < -0.39 is 8.07 Å². The Morgan fingerprint density at radius 3 is 2.45 bits per heavy atom. The van der Waals surface area contributed by atoms with Crippen molar-refractivity contribution in [1.29, 1.82) is 0 Å². The first-order chi connectivity index (χ1) is 9.55. The van der Waals surface area contributed by atoms with Crippen molar-refractivity contribution in [1.82, 2.24) is 4.98 Å². The second-order valence-corrected chi connectivity index (χ2v) is 12.0. The zero-order chi connectivity index (χ0) is 14.2. The molecule has 0 aliphatic heterocycles. The predicted octanol–water partition coefficient (Wildman–Crippen LogP) is 4.68. The highest BCUT2D eigenvalue weighted by molar-refractivity contribution is 6.78. The average Bonchev–Trinajstić information content (AvgIpc) is 2.79. The Morgan fingerprint density at radius 1 is 1.00 bits per heavy atom. The van der Waals surface area contributed by atoms with Crippen LogP contribution < -0.4 is 0 Å². The standard InChI is InChI=1S/C18H21NSi/c1-20(2,3)18-13-14(12-15-8-6-7-11-19-15)16-9-4-5-10-17(16)18/h4-11,13,18H,12H2,1-3H3. The van der Waals surface area contributed by atoms with E-state index in [4.69, 9.17) is 0 Å². The Bertz CT molecular complexity index is 638. The number of pyridine rings is 1. The summed E-state index contributed by atoms with van der Waals surface area (Å²) in [7, 11) is -1.23. The van der Waals surface area contributed by atoms with Gasteiger partial charge in [0.15, 0.2) is 0 Å². The van der Waals surface area contributed by atoms with Gasteiger partial charge < -0.3 is 0 Å². The number of hydrogen-bond acceptors (Lipinski definition) is 1. The third-order valence-corrected chi connectivity index (χ3v) is 6.38. The quantitative estimate of drug-likeness (QED) is 0.743. The topological polar surface area (TPSA) is 12.9 Å². The molecule has 20 heavy (non-hydrogen) atoms. The smallest absolute Gasteiger partial charge is 0.0566 e. The van der Waals surface area contributed by atoms with Crippen molar-refractivity contribution in [2.24, 2.45) is 0 Å². The minimum atomic E-state index is -1.23. The molecule has 1 unspecified atom stereocenters. The monoisotopic (exact) mass is 279 g/mol. The van der Waals surface area contributed by atoms with E-state index in [2.05, 4.69) is 67.1 Å². The lowest BCUT2D eigenvalue weighted by Gasteiger charge is -2.24. The maximum atomic E-state index is 4.47. The van der Waals surface area contributed by atoms with Crippen molar-refractivity contribution < 1.29 is 0 Å². The molecule has 0 spiro atoms. The average molecular weight is 279 g/mol. The molecule has 1 heterocycles. The van der Waals surface area contributed by atoms with E-state index in [9.17, 15) is 0 Å². The Balaban J connectivity index is 1.99. The van der Waals surface area contributed by atoms with Gasteiger partial charge in [0.1, 0.15) is 0 Å². The molecule has 0 saturated carbocycles. The predicted molar refractivity (Wildman–Crippen MR) is 88.4 cm³/mol. The molecule has 1 atom stereocenters. The second kappa shape index (κ2) is 5.02. The molecule has 0 fully saturated rings. The molecule has 0 bridgehead atoms. The first kappa shape index (κ1) is 13.3. The van der Waals surface area contributed by atoms with Crippen molar-refractivity contribution in [3.63, 3.8) is 0 Å². The zero-order valence-corrected chi connectivity index (χ0v) is 13.4. The number of allylic oxidation sites excluding steroid dienone is 2. The third kappa shape index (κ3) is 2.48. The van der Waals surface area contributed by atoms with E-state index in [0.717, 1.165) is 12.1 Å². The Kier molecular flexibility index (Phi) is 3.34. The Morgan fingerprint density at radius 2 is 1.75 bits per heavy atom. The summed E-state index contributed by atoms with van der Waals surface area (Å²) in [5, 5.41) is 0. The van der Waals surface area contributed by atoms with Gasteiger partial charge in [0, 0.05) is 18.3 Å². The van der Waals surface area contributed by atoms with E-state index in [1.165, 1.54) is 16.7 Å². The van der Waals surface area contributed by atoms with Crippen molar-refractivity contribution in [2.45, 2.75) is 31.6 Å². The molecule has 1 aromatic heterocycles. The molecule has 1 aliphatic rings. The summed E-state index contributed by atoms with van der Waals surface area (Å²) >= 11 is 0. The van der Waals surface area contributed by atoms with Crippen LogP contribution in [-0.2, 0) is 6.42 Å². The Labute approximate surface area is 122 Å². The summed E-state index contributed by atoms with van der Waals surface area (Å²) in [6, 6.07) is 15.1. The SMILES string of the molecule is C[Si](C)(C)C1C=C(Cc2ccccn2)c2ccccc21. The molecule has 0 amide bonds. The lowest BCUT2D eigenvalue weighted by atomic mass is 10.0. The number of benzene rings is 1. The molecule has 3 rings (SSSR count). The molecular formula is C18H21NSi. The van der Waals surface area contributed by atoms with E-state index >= 15 is 0 Å². The van der Waals surface area contributed by atoms with Crippen LogP contribution in [0.3, 0.4) is 0 Å². The maximum Gasteiger partial charge on any atom is 0.0566 e. The van der Waals surface area contributed by atoms with Crippen LogP contribution in [0.1, 0.15) is 22.4 Å². The highest BCUT2D eigenvalue weighted by Crippen LogP contribution is 2.41. The van der Waals surface area contributed by atoms with Crippen LogP contribution >= 0.6 is 0 Å². The highest BCUT2D eigenvalue weighted by atomic mass is 28.3. The lowest BCUT2D eigenvalue weighted by molar-refractivity contribution is 1.12. The molecule has 1 aromatic carbocycles. The summed E-state index contributed by atoms with van der Waals surface area (Å²) in [5.41, 5.74) is 6.21. The van der Waals surface area contributed by atoms with Gasteiger partial charge in [-0.1, -0.05) is 56.0 Å². The number of nitrogens with zero attached hydrogens (tertiary/aromatic N) is 1. The van der Waals surface area contributed by atoms with Crippen LogP contribution in [0.2, 0.25) is 19.6 Å². The fourth-order valence-electron chi connectivity index (χ4n) is 3.01. The minimum Gasteiger partial charge on any atom is -0.261 e. The van der Waals surface area contributed by atoms with Crippen molar-refractivity contribution >= 4 is 13.6 Å². The van der Waals surface area contributed by atoms with Gasteiger partial charge in [0.25, 0.3) is 0 Å². The van der Waals surface area contributed by atoms with Crippen molar-refractivity contribution in [3.05, 3.63) is 71.6 Å². The fourth-order valence-corrected chi connectivity index (χ4v) is 4.90. The third-order valence-electron chi connectivity index (χ3n) is 4.04. The van der Waals surface area contributed by atoms with Crippen LogP contribution in [0.4, 0.5) is 0 Å². The summed E-state index contributed by atoms with van der Waals surface area (Å²) in [6.07, 6.45) is 5.33. The van der Waals surface area contributed by atoms with Crippen LogP contribution in [-0.4, -0.2) is 13.1 Å². The van der Waals surface area contributed by atoms with Crippen LogP contribution in [0, 0.1) is 0 Å². The number of rotatable bonds is 3. The number of fused-ring (bicyclic) bond motifs is 1. The van der Waals surface area contributed by atoms with Crippen molar-refractivity contribution in [3.8, 4) is 0 Å². The van der Waals surface area contributed by atoms with Crippen molar-refractivity contribution in [2.75, 3.05) is 0 Å². The molecule has 0 N–H and O–H groups in total. The molecular weight excluding hydrogens is 258 g/mol. The largest absolute Gasteiger partial charge is 0.261 e. The lowest BCUT2D eigenvalue weighted by Crippen LogP contribution is -2.28. The minimum absolute atomic E-state index is 0.636. The van der Waals surface area contributed by atoms with E-state index in [0.29, 0.717) is 5.54 Å². The highest BCUT2D eigenvalue weighted by Gasteiger charge is 2.33. The summed E-state index contributed by atoms with van der Waals surface area (Å²) in [5.74, 6) is 0. The van der Waals surface area contributed by atoms with Gasteiger partial charge in [-0.25, -0.2) is 0 Å². The van der Waals surface area contributed by atoms with E-state index in [1.54, 1.807) is 0 Å². The summed E-state index contributed by atoms with van der Waals surface area (Å²) < 4.78 is 0.